The number of carbonyl (C=O) groups excluding carboxylic acids is 1. The average Bonchev–Trinajstić information content (AvgIpc) is 3.14. The molecule has 0 saturated carbocycles. The first kappa shape index (κ1) is 19.5. The minimum atomic E-state index is -3.74. The molecule has 1 aliphatic rings. The van der Waals surface area contributed by atoms with Gasteiger partial charge < -0.3 is 5.32 Å². The molecule has 0 radical (unpaired) electrons. The van der Waals surface area contributed by atoms with Gasteiger partial charge in [-0.1, -0.05) is 0 Å². The molecule has 146 valence electrons. The number of carbonyl (C=O) groups is 1. The van der Waals surface area contributed by atoms with Crippen LogP contribution in [0.4, 0.5) is 4.39 Å². The number of hydrogen-bond donors (Lipinski definition) is 1. The van der Waals surface area contributed by atoms with Crippen molar-refractivity contribution in [3.05, 3.63) is 48.0 Å². The van der Waals surface area contributed by atoms with Gasteiger partial charge in [0.1, 0.15) is 5.82 Å². The van der Waals surface area contributed by atoms with E-state index in [0.29, 0.717) is 25.9 Å². The Bertz CT molecular complexity index is 896. The first-order chi connectivity index (χ1) is 12.9. The van der Waals surface area contributed by atoms with Gasteiger partial charge in [0.2, 0.25) is 15.9 Å². The van der Waals surface area contributed by atoms with Crippen LogP contribution in [0.3, 0.4) is 0 Å². The molecule has 1 N–H and O–H groups in total. The van der Waals surface area contributed by atoms with Gasteiger partial charge in [0, 0.05) is 37.9 Å². The van der Waals surface area contributed by atoms with Crippen molar-refractivity contribution < 1.29 is 17.6 Å². The molecule has 0 bridgehead atoms. The molecule has 7 nitrogen and oxygen atoms in total. The van der Waals surface area contributed by atoms with Crippen LogP contribution >= 0.6 is 0 Å². The third-order valence-corrected chi connectivity index (χ3v) is 6.56. The zero-order valence-electron chi connectivity index (χ0n) is 15.1. The highest BCUT2D eigenvalue weighted by Crippen LogP contribution is 2.24. The number of nitrogens with one attached hydrogen (secondary N) is 1. The summed E-state index contributed by atoms with van der Waals surface area (Å²) < 4.78 is 41.6. The maximum absolute atomic E-state index is 13.1. The van der Waals surface area contributed by atoms with Gasteiger partial charge in [0.25, 0.3) is 0 Å². The van der Waals surface area contributed by atoms with E-state index in [0.717, 1.165) is 24.2 Å². The number of halogens is 1. The normalized spacial score (nSPS) is 18.4. The molecule has 1 aromatic heterocycles. The lowest BCUT2D eigenvalue weighted by molar-refractivity contribution is -0.126. The van der Waals surface area contributed by atoms with Crippen molar-refractivity contribution in [3.63, 3.8) is 0 Å². The highest BCUT2D eigenvalue weighted by Gasteiger charge is 2.33. The molecule has 0 spiro atoms. The van der Waals surface area contributed by atoms with E-state index in [2.05, 4.69) is 10.4 Å². The fourth-order valence-corrected chi connectivity index (χ4v) is 4.66. The highest BCUT2D eigenvalue weighted by molar-refractivity contribution is 7.89. The summed E-state index contributed by atoms with van der Waals surface area (Å²) in [4.78, 5) is 12.5. The Labute approximate surface area is 158 Å². The van der Waals surface area contributed by atoms with Gasteiger partial charge in [-0.15, -0.1) is 0 Å². The van der Waals surface area contributed by atoms with Crippen molar-refractivity contribution in [1.82, 2.24) is 19.4 Å². The second kappa shape index (κ2) is 8.18. The SMILES string of the molecule is CCn1cc(CNC(=O)C2CCCN(S(=O)(=O)c3ccc(F)cc3)C2)cn1. The first-order valence-electron chi connectivity index (χ1n) is 8.95. The predicted molar refractivity (Wildman–Crippen MR) is 97.6 cm³/mol. The van der Waals surface area contributed by atoms with Crippen LogP contribution in [0.25, 0.3) is 0 Å². The third kappa shape index (κ3) is 4.54. The molecule has 9 heteroatoms. The van der Waals surface area contributed by atoms with Crippen molar-refractivity contribution in [2.75, 3.05) is 13.1 Å². The zero-order valence-corrected chi connectivity index (χ0v) is 16.0. The van der Waals surface area contributed by atoms with Crippen molar-refractivity contribution in [2.45, 2.75) is 37.8 Å². The molecule has 1 unspecified atom stereocenters. The van der Waals surface area contributed by atoms with E-state index < -0.39 is 21.8 Å². The fourth-order valence-electron chi connectivity index (χ4n) is 3.13. The second-order valence-electron chi connectivity index (χ2n) is 6.58. The number of piperidine rings is 1. The van der Waals surface area contributed by atoms with Crippen molar-refractivity contribution in [1.29, 1.82) is 0 Å². The molecule has 1 amide bonds. The largest absolute Gasteiger partial charge is 0.352 e. The number of nitrogens with zero attached hydrogens (tertiary/aromatic N) is 3. The van der Waals surface area contributed by atoms with Crippen LogP contribution in [0.1, 0.15) is 25.3 Å². The summed E-state index contributed by atoms with van der Waals surface area (Å²) in [7, 11) is -3.74. The summed E-state index contributed by atoms with van der Waals surface area (Å²) in [6.45, 7) is 3.58. The van der Waals surface area contributed by atoms with E-state index in [1.54, 1.807) is 10.9 Å². The Kier molecular flexibility index (Phi) is 5.91. The zero-order chi connectivity index (χ0) is 19.4. The van der Waals surface area contributed by atoms with Crippen LogP contribution < -0.4 is 5.32 Å². The Morgan fingerprint density at radius 3 is 2.74 bits per heavy atom. The lowest BCUT2D eigenvalue weighted by Gasteiger charge is -2.31. The Hall–Kier alpha value is -2.26. The third-order valence-electron chi connectivity index (χ3n) is 4.68. The molecule has 2 aromatic rings. The molecule has 1 aromatic carbocycles. The van der Waals surface area contributed by atoms with Crippen molar-refractivity contribution in [3.8, 4) is 0 Å². The Morgan fingerprint density at radius 2 is 2.07 bits per heavy atom. The Morgan fingerprint density at radius 1 is 1.33 bits per heavy atom. The molecular weight excluding hydrogens is 371 g/mol. The highest BCUT2D eigenvalue weighted by atomic mass is 32.2. The number of aryl methyl sites for hydroxylation is 1. The van der Waals surface area contributed by atoms with Gasteiger partial charge in [-0.05, 0) is 44.0 Å². The molecule has 2 heterocycles. The Balaban J connectivity index is 1.62. The first-order valence-corrected chi connectivity index (χ1v) is 10.4. The smallest absolute Gasteiger partial charge is 0.243 e. The van der Waals surface area contributed by atoms with Gasteiger partial charge in [-0.25, -0.2) is 12.8 Å². The molecule has 1 aliphatic heterocycles. The van der Waals surface area contributed by atoms with Crippen LogP contribution in [-0.2, 0) is 27.9 Å². The summed E-state index contributed by atoms with van der Waals surface area (Å²) in [6.07, 6.45) is 4.81. The van der Waals surface area contributed by atoms with Gasteiger partial charge in [-0.2, -0.15) is 9.40 Å². The van der Waals surface area contributed by atoms with Crippen molar-refractivity contribution in [2.24, 2.45) is 5.92 Å². The minimum absolute atomic E-state index is 0.0388. The average molecular weight is 394 g/mol. The van der Waals surface area contributed by atoms with E-state index in [-0.39, 0.29) is 17.3 Å². The van der Waals surface area contributed by atoms with Gasteiger partial charge in [-0.3, -0.25) is 9.48 Å². The van der Waals surface area contributed by atoms with Gasteiger partial charge in [0.05, 0.1) is 17.0 Å². The number of rotatable bonds is 6. The van der Waals surface area contributed by atoms with E-state index in [9.17, 15) is 17.6 Å². The van der Waals surface area contributed by atoms with Gasteiger partial charge in [0.15, 0.2) is 0 Å². The molecular formula is C18H23FN4O3S. The van der Waals surface area contributed by atoms with Crippen molar-refractivity contribution >= 4 is 15.9 Å². The summed E-state index contributed by atoms with van der Waals surface area (Å²) >= 11 is 0. The predicted octanol–water partition coefficient (Wildman–Crippen LogP) is 1.76. The van der Waals surface area contributed by atoms with Crippen LogP contribution in [-0.4, -0.2) is 41.5 Å². The quantitative estimate of drug-likeness (QED) is 0.809. The van der Waals surface area contributed by atoms with Crippen LogP contribution in [0, 0.1) is 11.7 Å². The number of hydrogen-bond acceptors (Lipinski definition) is 4. The topological polar surface area (TPSA) is 84.3 Å². The molecule has 1 saturated heterocycles. The summed E-state index contributed by atoms with van der Waals surface area (Å²) in [5.41, 5.74) is 0.900. The summed E-state index contributed by atoms with van der Waals surface area (Å²) in [5.74, 6) is -1.07. The monoisotopic (exact) mass is 394 g/mol. The van der Waals surface area contributed by atoms with Crippen LogP contribution in [0.15, 0.2) is 41.6 Å². The summed E-state index contributed by atoms with van der Waals surface area (Å²) in [5, 5.41) is 7.02. The van der Waals surface area contributed by atoms with Gasteiger partial charge >= 0.3 is 0 Å². The maximum atomic E-state index is 13.1. The molecule has 0 aliphatic carbocycles. The number of sulfonamides is 1. The standard InChI is InChI=1S/C18H23FN4O3S/c1-2-22-12-14(11-21-22)10-20-18(24)15-4-3-9-23(13-15)27(25,26)17-7-5-16(19)6-8-17/h5-8,11-12,15H,2-4,9-10,13H2,1H3,(H,20,24). The van der Waals surface area contributed by atoms with E-state index in [1.165, 1.54) is 16.4 Å². The molecule has 27 heavy (non-hydrogen) atoms. The van der Waals surface area contributed by atoms with E-state index in [1.807, 2.05) is 13.1 Å². The lowest BCUT2D eigenvalue weighted by atomic mass is 9.99. The number of benzene rings is 1. The fraction of sp³-hybridized carbons (Fsp3) is 0.444. The maximum Gasteiger partial charge on any atom is 0.243 e. The lowest BCUT2D eigenvalue weighted by Crippen LogP contribution is -2.45. The number of aromatic nitrogens is 2. The number of amides is 1. The molecule has 3 rings (SSSR count). The van der Waals surface area contributed by atoms with Crippen LogP contribution in [0.2, 0.25) is 0 Å². The van der Waals surface area contributed by atoms with Crippen LogP contribution in [0.5, 0.6) is 0 Å². The molecule has 1 fully saturated rings. The van der Waals surface area contributed by atoms with E-state index in [4.69, 9.17) is 0 Å². The summed E-state index contributed by atoms with van der Waals surface area (Å²) in [6, 6.07) is 4.74. The minimum Gasteiger partial charge on any atom is -0.352 e. The molecule has 1 atom stereocenters. The van der Waals surface area contributed by atoms with E-state index >= 15 is 0 Å². The second-order valence-corrected chi connectivity index (χ2v) is 8.52.